The maximum atomic E-state index is 12.9. The average molecular weight is 538 g/mol. The first kappa shape index (κ1) is 30.9. The Morgan fingerprint density at radius 2 is 1.76 bits per heavy atom. The summed E-state index contributed by atoms with van der Waals surface area (Å²) in [6.07, 6.45) is 4.92. The molecule has 2 saturated heterocycles. The third-order valence-corrected chi connectivity index (χ3v) is 8.19. The van der Waals surface area contributed by atoms with Gasteiger partial charge in [-0.2, -0.15) is 0 Å². The summed E-state index contributed by atoms with van der Waals surface area (Å²) in [5.74, 6) is -1.46. The van der Waals surface area contributed by atoms with Crippen molar-refractivity contribution in [2.45, 2.75) is 103 Å². The van der Waals surface area contributed by atoms with Gasteiger partial charge >= 0.3 is 5.97 Å². The summed E-state index contributed by atoms with van der Waals surface area (Å²) in [7, 11) is 3.85. The number of likely N-dealkylation sites (N-methyl/N-ethyl adjacent to an activating group) is 1. The van der Waals surface area contributed by atoms with Crippen LogP contribution in [0.1, 0.15) is 53.9 Å². The number of hydrogen-bond acceptors (Lipinski definition) is 9. The molecule has 0 aromatic carbocycles. The molecule has 0 bridgehead atoms. The fourth-order valence-corrected chi connectivity index (χ4v) is 5.82. The van der Waals surface area contributed by atoms with Gasteiger partial charge in [-0.15, -0.1) is 0 Å². The number of epoxide rings is 1. The molecule has 0 aromatic heterocycles. The molecule has 0 spiro atoms. The highest BCUT2D eigenvalue weighted by Crippen LogP contribution is 2.35. The zero-order chi connectivity index (χ0) is 28.1. The summed E-state index contributed by atoms with van der Waals surface area (Å²) >= 11 is 0. The first-order chi connectivity index (χ1) is 18.0. The number of aliphatic hydroxyl groups is 2. The second kappa shape index (κ2) is 13.6. The smallest absolute Gasteiger partial charge is 0.330 e. The highest BCUT2D eigenvalue weighted by atomic mass is 16.7. The lowest BCUT2D eigenvalue weighted by atomic mass is 9.84. The molecule has 2 fully saturated rings. The number of esters is 1. The first-order valence-electron chi connectivity index (χ1n) is 14.0. The van der Waals surface area contributed by atoms with Crippen molar-refractivity contribution in [3.63, 3.8) is 0 Å². The lowest BCUT2D eigenvalue weighted by Gasteiger charge is -2.43. The minimum Gasteiger partial charge on any atom is -0.459 e. The Labute approximate surface area is 227 Å². The van der Waals surface area contributed by atoms with Crippen LogP contribution in [0.3, 0.4) is 0 Å². The van der Waals surface area contributed by atoms with Crippen LogP contribution in [0.4, 0.5) is 0 Å². The van der Waals surface area contributed by atoms with Gasteiger partial charge in [-0.05, 0) is 58.4 Å². The number of ketones is 1. The normalized spacial score (nSPS) is 44.8. The molecule has 9 nitrogen and oxygen atoms in total. The summed E-state index contributed by atoms with van der Waals surface area (Å²) in [6.45, 7) is 9.53. The number of allylic oxidation sites excluding steroid dienone is 1. The van der Waals surface area contributed by atoms with Crippen LogP contribution in [0, 0.1) is 23.7 Å². The van der Waals surface area contributed by atoms with Gasteiger partial charge in [-0.25, -0.2) is 4.79 Å². The highest BCUT2D eigenvalue weighted by Gasteiger charge is 2.47. The van der Waals surface area contributed by atoms with E-state index >= 15 is 0 Å². The van der Waals surface area contributed by atoms with E-state index in [4.69, 9.17) is 18.9 Å². The molecule has 0 aliphatic carbocycles. The van der Waals surface area contributed by atoms with Crippen molar-refractivity contribution in [1.29, 1.82) is 0 Å². The van der Waals surface area contributed by atoms with E-state index in [-0.39, 0.29) is 60.4 Å². The summed E-state index contributed by atoms with van der Waals surface area (Å²) in [6, 6.07) is -0.115. The third-order valence-electron chi connectivity index (χ3n) is 8.19. The SMILES string of the molecule is CC[C@@H]1OC(=O)/C=C\[C@H](C)[C@@H](O[C@H]2O[C@@H](C)C[C@H](N(C)C)[C@@H]2O)[C@@H](C)C[C@@H](C)C(=O)/C=C\[C@H]2O[C@@H]2[C@@H]1CO. The highest BCUT2D eigenvalue weighted by molar-refractivity contribution is 5.91. The predicted molar refractivity (Wildman–Crippen MR) is 142 cm³/mol. The van der Waals surface area contributed by atoms with E-state index in [1.807, 2.05) is 53.6 Å². The second-order valence-electron chi connectivity index (χ2n) is 11.6. The van der Waals surface area contributed by atoms with Gasteiger partial charge in [0.15, 0.2) is 12.1 Å². The number of cyclic esters (lactones) is 1. The summed E-state index contributed by atoms with van der Waals surface area (Å²) in [5.41, 5.74) is 0. The molecule has 216 valence electrons. The summed E-state index contributed by atoms with van der Waals surface area (Å²) in [5, 5.41) is 21.0. The molecule has 12 atom stereocenters. The van der Waals surface area contributed by atoms with E-state index in [1.165, 1.54) is 6.08 Å². The molecule has 3 rings (SSSR count). The van der Waals surface area contributed by atoms with Crippen LogP contribution in [0.15, 0.2) is 24.3 Å². The summed E-state index contributed by atoms with van der Waals surface area (Å²) < 4.78 is 23.9. The second-order valence-corrected chi connectivity index (χ2v) is 11.6. The Hall–Kier alpha value is -1.62. The van der Waals surface area contributed by atoms with Gasteiger partial charge in [-0.3, -0.25) is 4.79 Å². The molecule has 2 N–H and O–H groups in total. The lowest BCUT2D eigenvalue weighted by Crippen LogP contribution is -2.55. The van der Waals surface area contributed by atoms with Crippen molar-refractivity contribution in [3.8, 4) is 0 Å². The van der Waals surface area contributed by atoms with Crippen LogP contribution in [-0.2, 0) is 28.5 Å². The van der Waals surface area contributed by atoms with Gasteiger partial charge in [0, 0.05) is 29.9 Å². The van der Waals surface area contributed by atoms with Crippen LogP contribution < -0.4 is 0 Å². The predicted octanol–water partition coefficient (Wildman–Crippen LogP) is 2.49. The molecule has 0 radical (unpaired) electrons. The molecule has 0 unspecified atom stereocenters. The number of rotatable bonds is 5. The Morgan fingerprint density at radius 3 is 2.39 bits per heavy atom. The Morgan fingerprint density at radius 1 is 1.05 bits per heavy atom. The topological polar surface area (TPSA) is 118 Å². The van der Waals surface area contributed by atoms with Crippen LogP contribution in [0.25, 0.3) is 0 Å². The Bertz CT molecular complexity index is 860. The maximum Gasteiger partial charge on any atom is 0.330 e. The van der Waals surface area contributed by atoms with Crippen molar-refractivity contribution in [2.75, 3.05) is 20.7 Å². The third kappa shape index (κ3) is 7.73. The van der Waals surface area contributed by atoms with Crippen LogP contribution in [-0.4, -0.2) is 96.5 Å². The average Bonchev–Trinajstić information content (AvgIpc) is 3.63. The fraction of sp³-hybridized carbons (Fsp3) is 0.793. The van der Waals surface area contributed by atoms with E-state index in [0.29, 0.717) is 19.3 Å². The minimum absolute atomic E-state index is 0.00518. The number of nitrogens with zero attached hydrogens (tertiary/aromatic N) is 1. The molecule has 0 saturated carbocycles. The molecule has 0 amide bonds. The monoisotopic (exact) mass is 537 g/mol. The molecule has 3 aliphatic rings. The van der Waals surface area contributed by atoms with E-state index in [0.717, 1.165) is 0 Å². The van der Waals surface area contributed by atoms with Crippen molar-refractivity contribution < 1.29 is 38.7 Å². The van der Waals surface area contributed by atoms with Gasteiger partial charge < -0.3 is 34.1 Å². The Balaban J connectivity index is 1.86. The van der Waals surface area contributed by atoms with Crippen molar-refractivity contribution in [3.05, 3.63) is 24.3 Å². The quantitative estimate of drug-likeness (QED) is 0.403. The van der Waals surface area contributed by atoms with Gasteiger partial charge in [0.05, 0.1) is 24.9 Å². The van der Waals surface area contributed by atoms with Crippen LogP contribution >= 0.6 is 0 Å². The number of carbonyl (C=O) groups is 2. The molecule has 38 heavy (non-hydrogen) atoms. The van der Waals surface area contributed by atoms with Gasteiger partial charge in [0.2, 0.25) is 0 Å². The fourth-order valence-electron chi connectivity index (χ4n) is 5.82. The van der Waals surface area contributed by atoms with Crippen molar-refractivity contribution in [2.24, 2.45) is 23.7 Å². The summed E-state index contributed by atoms with van der Waals surface area (Å²) in [4.78, 5) is 27.7. The number of ether oxygens (including phenoxy) is 4. The van der Waals surface area contributed by atoms with Gasteiger partial charge in [-0.1, -0.05) is 33.8 Å². The zero-order valence-corrected chi connectivity index (χ0v) is 23.9. The van der Waals surface area contributed by atoms with E-state index < -0.39 is 30.6 Å². The van der Waals surface area contributed by atoms with E-state index in [2.05, 4.69) is 0 Å². The van der Waals surface area contributed by atoms with Crippen LogP contribution in [0.2, 0.25) is 0 Å². The number of carbonyl (C=O) groups excluding carboxylic acids is 2. The van der Waals surface area contributed by atoms with Crippen molar-refractivity contribution >= 4 is 11.8 Å². The first-order valence-corrected chi connectivity index (χ1v) is 14.0. The maximum absolute atomic E-state index is 12.9. The van der Waals surface area contributed by atoms with Crippen molar-refractivity contribution in [1.82, 2.24) is 4.90 Å². The molecular weight excluding hydrogens is 490 g/mol. The standard InChI is InChI=1S/C29H47NO8/c1-8-23-20(15-31)28-24(37-28)11-10-22(32)17(3)13-18(4)27(16(2)9-12-25(33)36-23)38-29-26(34)21(30(6)7)14-19(5)35-29/h9-12,16-21,23-24,26-29,31,34H,8,13-15H2,1-7H3/b11-10-,12-9-/t16-,17+,18-,19-,20+,21-,23-,24+,26-,27+,28+,29+/m0/s1. The van der Waals surface area contributed by atoms with Gasteiger partial charge in [0.25, 0.3) is 0 Å². The number of hydrogen-bond donors (Lipinski definition) is 2. The largest absolute Gasteiger partial charge is 0.459 e. The molecule has 9 heteroatoms. The Kier molecular flexibility index (Phi) is 11.1. The molecule has 0 aromatic rings. The lowest BCUT2D eigenvalue weighted by molar-refractivity contribution is -0.277. The number of aliphatic hydroxyl groups excluding tert-OH is 2. The zero-order valence-electron chi connectivity index (χ0n) is 23.9. The van der Waals surface area contributed by atoms with Gasteiger partial charge in [0.1, 0.15) is 18.3 Å². The minimum atomic E-state index is -0.843. The molecular formula is C29H47NO8. The molecule has 3 aliphatic heterocycles. The molecule has 3 heterocycles. The van der Waals surface area contributed by atoms with E-state index in [9.17, 15) is 19.8 Å². The number of fused-ring (bicyclic) bond motifs is 1. The van der Waals surface area contributed by atoms with Crippen LogP contribution in [0.5, 0.6) is 0 Å². The van der Waals surface area contributed by atoms with E-state index in [1.54, 1.807) is 18.2 Å².